The van der Waals surface area contributed by atoms with Crippen LogP contribution in [0.15, 0.2) is 0 Å². The summed E-state index contributed by atoms with van der Waals surface area (Å²) in [5.41, 5.74) is 5.56. The van der Waals surface area contributed by atoms with E-state index in [0.717, 1.165) is 0 Å². The third-order valence-electron chi connectivity index (χ3n) is 2.49. The van der Waals surface area contributed by atoms with Gasteiger partial charge in [-0.3, -0.25) is 9.59 Å². The molecule has 0 aromatic carbocycles. The smallest absolute Gasteiger partial charge is 0.244 e. The first kappa shape index (κ1) is 15.9. The van der Waals surface area contributed by atoms with Crippen molar-refractivity contribution in [2.45, 2.75) is 32.9 Å². The Morgan fingerprint density at radius 2 is 1.88 bits per heavy atom. The lowest BCUT2D eigenvalue weighted by Crippen LogP contribution is -2.52. The molecule has 0 aliphatic carbocycles. The fourth-order valence-electron chi connectivity index (χ4n) is 1.45. The normalized spacial score (nSPS) is 13.9. The summed E-state index contributed by atoms with van der Waals surface area (Å²) in [4.78, 5) is 25.1. The Kier molecular flexibility index (Phi) is 7.49. The first-order valence-corrected chi connectivity index (χ1v) is 5.81. The number of nitrogens with one attached hydrogen (secondary N) is 1. The van der Waals surface area contributed by atoms with Gasteiger partial charge in [0.15, 0.2) is 0 Å². The summed E-state index contributed by atoms with van der Waals surface area (Å²) in [5, 5.41) is 2.58. The second-order valence-corrected chi connectivity index (χ2v) is 3.80. The van der Waals surface area contributed by atoms with E-state index >= 15 is 0 Å². The Bertz CT molecular complexity index is 254. The zero-order valence-electron chi connectivity index (χ0n) is 11.0. The molecule has 6 nitrogen and oxygen atoms in total. The molecule has 0 aromatic heterocycles. The Morgan fingerprint density at radius 3 is 2.29 bits per heavy atom. The molecule has 0 fully saturated rings. The lowest BCUT2D eigenvalue weighted by atomic mass is 10.2. The van der Waals surface area contributed by atoms with Crippen LogP contribution in [-0.2, 0) is 14.3 Å². The maximum Gasteiger partial charge on any atom is 0.244 e. The maximum absolute atomic E-state index is 11.9. The summed E-state index contributed by atoms with van der Waals surface area (Å²) in [6.07, 6.45) is 0. The Morgan fingerprint density at radius 1 is 1.35 bits per heavy atom. The van der Waals surface area contributed by atoms with Gasteiger partial charge in [0, 0.05) is 20.2 Å². The molecule has 2 unspecified atom stereocenters. The summed E-state index contributed by atoms with van der Waals surface area (Å²) in [6, 6.07) is -1.31. The number of rotatable bonds is 7. The highest BCUT2D eigenvalue weighted by atomic mass is 16.5. The lowest BCUT2D eigenvalue weighted by Gasteiger charge is -2.24. The summed E-state index contributed by atoms with van der Waals surface area (Å²) < 4.78 is 4.78. The molecule has 17 heavy (non-hydrogen) atoms. The van der Waals surface area contributed by atoms with E-state index in [1.807, 2.05) is 13.8 Å². The predicted octanol–water partition coefficient (Wildman–Crippen LogP) is -0.667. The van der Waals surface area contributed by atoms with Crippen molar-refractivity contribution in [1.29, 1.82) is 0 Å². The van der Waals surface area contributed by atoms with Gasteiger partial charge in [-0.15, -0.1) is 0 Å². The summed E-state index contributed by atoms with van der Waals surface area (Å²) in [5.74, 6) is -0.479. The van der Waals surface area contributed by atoms with Gasteiger partial charge in [-0.25, -0.2) is 0 Å². The summed E-state index contributed by atoms with van der Waals surface area (Å²) in [7, 11) is 1.47. The molecule has 6 heteroatoms. The molecular weight excluding hydrogens is 222 g/mol. The third-order valence-corrected chi connectivity index (χ3v) is 2.49. The van der Waals surface area contributed by atoms with Gasteiger partial charge >= 0.3 is 0 Å². The van der Waals surface area contributed by atoms with Crippen LogP contribution in [0, 0.1) is 0 Å². The number of hydrogen-bond acceptors (Lipinski definition) is 4. The highest BCUT2D eigenvalue weighted by molar-refractivity contribution is 5.89. The number of nitrogens with zero attached hydrogens (tertiary/aromatic N) is 1. The lowest BCUT2D eigenvalue weighted by molar-refractivity contribution is -0.136. The number of ether oxygens (including phenoxy) is 1. The second-order valence-electron chi connectivity index (χ2n) is 3.80. The van der Waals surface area contributed by atoms with Crippen molar-refractivity contribution in [3.8, 4) is 0 Å². The van der Waals surface area contributed by atoms with E-state index in [1.165, 1.54) is 7.11 Å². The quantitative estimate of drug-likeness (QED) is 0.623. The van der Waals surface area contributed by atoms with E-state index in [4.69, 9.17) is 10.5 Å². The van der Waals surface area contributed by atoms with E-state index in [1.54, 1.807) is 11.8 Å². The first-order chi connectivity index (χ1) is 7.97. The van der Waals surface area contributed by atoms with Gasteiger partial charge in [-0.2, -0.15) is 0 Å². The Balaban J connectivity index is 4.28. The average Bonchev–Trinajstić information content (AvgIpc) is 2.30. The van der Waals surface area contributed by atoms with Crippen molar-refractivity contribution < 1.29 is 14.3 Å². The van der Waals surface area contributed by atoms with Crippen LogP contribution in [0.4, 0.5) is 0 Å². The van der Waals surface area contributed by atoms with E-state index in [2.05, 4.69) is 5.32 Å². The fourth-order valence-corrected chi connectivity index (χ4v) is 1.45. The zero-order chi connectivity index (χ0) is 13.4. The van der Waals surface area contributed by atoms with Crippen molar-refractivity contribution in [2.24, 2.45) is 5.73 Å². The molecule has 2 amide bonds. The van der Waals surface area contributed by atoms with Crippen LogP contribution in [0.2, 0.25) is 0 Å². The van der Waals surface area contributed by atoms with Crippen molar-refractivity contribution in [3.63, 3.8) is 0 Å². The molecule has 0 saturated carbocycles. The molecule has 0 aliphatic heterocycles. The predicted molar refractivity (Wildman–Crippen MR) is 65.4 cm³/mol. The molecule has 3 N–H and O–H groups in total. The number of amides is 2. The van der Waals surface area contributed by atoms with E-state index in [9.17, 15) is 9.59 Å². The largest absolute Gasteiger partial charge is 0.383 e. The highest BCUT2D eigenvalue weighted by Crippen LogP contribution is 1.95. The molecule has 0 radical (unpaired) electrons. The molecule has 0 bridgehead atoms. The van der Waals surface area contributed by atoms with Crippen LogP contribution in [0.1, 0.15) is 20.8 Å². The van der Waals surface area contributed by atoms with Gasteiger partial charge < -0.3 is 20.7 Å². The molecule has 0 saturated heterocycles. The van der Waals surface area contributed by atoms with Crippen molar-refractivity contribution in [3.05, 3.63) is 0 Å². The maximum atomic E-state index is 11.9. The molecule has 0 rings (SSSR count). The van der Waals surface area contributed by atoms with Crippen LogP contribution in [0.5, 0.6) is 0 Å². The number of likely N-dealkylation sites (N-methyl/N-ethyl adjacent to an activating group) is 1. The monoisotopic (exact) mass is 245 g/mol. The van der Waals surface area contributed by atoms with Crippen molar-refractivity contribution in [1.82, 2.24) is 10.2 Å². The molecule has 100 valence electrons. The summed E-state index contributed by atoms with van der Waals surface area (Å²) in [6.45, 7) is 6.83. The molecular formula is C11H23N3O3. The van der Waals surface area contributed by atoms with Gasteiger partial charge in [-0.1, -0.05) is 0 Å². The van der Waals surface area contributed by atoms with Crippen LogP contribution in [0.3, 0.4) is 0 Å². The number of hydrogen-bond donors (Lipinski definition) is 2. The van der Waals surface area contributed by atoms with E-state index in [0.29, 0.717) is 13.1 Å². The Hall–Kier alpha value is -1.14. The average molecular weight is 245 g/mol. The fraction of sp³-hybridized carbons (Fsp3) is 0.818. The SMILES string of the molecule is CCN(CC)C(=O)C(C)NC(=O)C(N)COC. The minimum Gasteiger partial charge on any atom is -0.383 e. The molecule has 0 aliphatic rings. The highest BCUT2D eigenvalue weighted by Gasteiger charge is 2.22. The van der Waals surface area contributed by atoms with Crippen molar-refractivity contribution >= 4 is 11.8 Å². The van der Waals surface area contributed by atoms with Crippen molar-refractivity contribution in [2.75, 3.05) is 26.8 Å². The molecule has 0 heterocycles. The molecule has 0 spiro atoms. The minimum atomic E-state index is -0.744. The summed E-state index contributed by atoms with van der Waals surface area (Å²) >= 11 is 0. The number of carbonyl (C=O) groups is 2. The number of nitrogens with two attached hydrogens (primary N) is 1. The minimum absolute atomic E-state index is 0.104. The van der Waals surface area contributed by atoms with Crippen LogP contribution < -0.4 is 11.1 Å². The van der Waals surface area contributed by atoms with E-state index in [-0.39, 0.29) is 18.4 Å². The van der Waals surface area contributed by atoms with Gasteiger partial charge in [0.25, 0.3) is 0 Å². The molecule has 0 aromatic rings. The van der Waals surface area contributed by atoms with Crippen LogP contribution >= 0.6 is 0 Å². The second kappa shape index (κ2) is 8.03. The van der Waals surface area contributed by atoms with E-state index < -0.39 is 12.1 Å². The van der Waals surface area contributed by atoms with Crippen LogP contribution in [0.25, 0.3) is 0 Å². The standard InChI is InChI=1S/C11H23N3O3/c1-5-14(6-2)11(16)8(3)13-10(15)9(12)7-17-4/h8-9H,5-7,12H2,1-4H3,(H,13,15). The first-order valence-electron chi connectivity index (χ1n) is 5.81. The third kappa shape index (κ3) is 5.14. The number of carbonyl (C=O) groups excluding carboxylic acids is 2. The van der Waals surface area contributed by atoms with Gasteiger partial charge in [0.1, 0.15) is 12.1 Å². The topological polar surface area (TPSA) is 84.7 Å². The zero-order valence-corrected chi connectivity index (χ0v) is 11.0. The van der Waals surface area contributed by atoms with Gasteiger partial charge in [0.05, 0.1) is 6.61 Å². The Labute approximate surface area is 102 Å². The van der Waals surface area contributed by atoms with Gasteiger partial charge in [0.2, 0.25) is 11.8 Å². The van der Waals surface area contributed by atoms with Gasteiger partial charge in [-0.05, 0) is 20.8 Å². The number of methoxy groups -OCH3 is 1. The van der Waals surface area contributed by atoms with Crippen LogP contribution in [-0.4, -0.2) is 55.6 Å². The molecule has 2 atom stereocenters.